The first kappa shape index (κ1) is 23.4. The predicted molar refractivity (Wildman–Crippen MR) is 117 cm³/mol. The number of aromatic nitrogens is 1. The number of alkyl halides is 3. The molecule has 1 aliphatic rings. The maximum absolute atomic E-state index is 13.4. The fraction of sp³-hybridized carbons (Fsp3) is 0.182. The van der Waals surface area contributed by atoms with Crippen LogP contribution in [0.15, 0.2) is 65.7 Å². The third-order valence-corrected chi connectivity index (χ3v) is 6.86. The third kappa shape index (κ3) is 4.49. The van der Waals surface area contributed by atoms with Crippen LogP contribution >= 0.6 is 0 Å². The number of carbonyl (C=O) groups excluding carboxylic acids is 1. The van der Waals surface area contributed by atoms with Gasteiger partial charge in [0.05, 0.1) is 24.9 Å². The van der Waals surface area contributed by atoms with Crippen LogP contribution in [-0.4, -0.2) is 39.6 Å². The number of hydrogen-bond acceptors (Lipinski definition) is 6. The van der Waals surface area contributed by atoms with Crippen molar-refractivity contribution in [3.8, 4) is 11.5 Å². The van der Waals surface area contributed by atoms with Crippen LogP contribution in [0.1, 0.15) is 16.1 Å². The molecule has 0 aliphatic carbocycles. The van der Waals surface area contributed by atoms with E-state index in [2.05, 4.69) is 10.3 Å². The number of carbonyl (C=O) groups is 1. The highest BCUT2D eigenvalue weighted by Crippen LogP contribution is 2.36. The third-order valence-electron chi connectivity index (χ3n) is 5.01. The molecule has 2 heterocycles. The lowest BCUT2D eigenvalue weighted by molar-refractivity contribution is -0.137. The monoisotopic (exact) mass is 493 g/mol. The van der Waals surface area contributed by atoms with Crippen molar-refractivity contribution in [2.24, 2.45) is 0 Å². The molecule has 0 bridgehead atoms. The number of nitrogens with zero attached hydrogens (tertiary/aromatic N) is 2. The Morgan fingerprint density at radius 1 is 1.15 bits per heavy atom. The lowest BCUT2D eigenvalue weighted by atomic mass is 10.2. The van der Waals surface area contributed by atoms with Gasteiger partial charge in [-0.2, -0.15) is 13.2 Å². The van der Waals surface area contributed by atoms with Gasteiger partial charge in [-0.3, -0.25) is 9.10 Å². The quantitative estimate of drug-likeness (QED) is 0.591. The summed E-state index contributed by atoms with van der Waals surface area (Å²) in [7, 11) is -2.84. The summed E-state index contributed by atoms with van der Waals surface area (Å²) in [6, 6.07) is 11.0. The number of benzene rings is 2. The molecular weight excluding hydrogens is 475 g/mol. The molecule has 3 aromatic rings. The summed E-state index contributed by atoms with van der Waals surface area (Å²) in [5, 5.41) is 2.57. The fourth-order valence-corrected chi connectivity index (χ4v) is 4.99. The van der Waals surface area contributed by atoms with Crippen LogP contribution in [0.4, 0.5) is 24.5 Å². The van der Waals surface area contributed by atoms with E-state index in [9.17, 15) is 26.4 Å². The van der Waals surface area contributed by atoms with Crippen molar-refractivity contribution in [1.82, 2.24) is 4.98 Å². The minimum Gasteiger partial charge on any atom is -0.494 e. The molecule has 178 valence electrons. The maximum Gasteiger partial charge on any atom is 0.416 e. The first-order valence-electron chi connectivity index (χ1n) is 9.88. The Bertz CT molecular complexity index is 1330. The standard InChI is InChI=1S/C22H18F3N3O5S/c1-32-18-3-2-10-26-20(18)21(29)27-15-6-9-17-19(13-15)34(30,31)28(11-12-33-17)16-7-4-14(5-8-16)22(23,24)25/h2-10,13H,11-12H2,1H3,(H,27,29). The van der Waals surface area contributed by atoms with Gasteiger partial charge in [0.25, 0.3) is 15.9 Å². The zero-order valence-corrected chi connectivity index (χ0v) is 18.5. The summed E-state index contributed by atoms with van der Waals surface area (Å²) in [6.07, 6.45) is -3.13. The molecule has 0 unspecified atom stereocenters. The molecule has 1 N–H and O–H groups in total. The topological polar surface area (TPSA) is 97.8 Å². The van der Waals surface area contributed by atoms with E-state index >= 15 is 0 Å². The Morgan fingerprint density at radius 2 is 1.88 bits per heavy atom. The van der Waals surface area contributed by atoms with E-state index in [0.717, 1.165) is 28.6 Å². The number of anilines is 2. The van der Waals surface area contributed by atoms with Crippen molar-refractivity contribution >= 4 is 27.3 Å². The fourth-order valence-electron chi connectivity index (χ4n) is 3.38. The van der Waals surface area contributed by atoms with Gasteiger partial charge < -0.3 is 14.8 Å². The highest BCUT2D eigenvalue weighted by Gasteiger charge is 2.34. The van der Waals surface area contributed by atoms with Crippen molar-refractivity contribution < 1.29 is 35.9 Å². The van der Waals surface area contributed by atoms with Gasteiger partial charge in [0.2, 0.25) is 0 Å². The Hall–Kier alpha value is -3.80. The smallest absolute Gasteiger partial charge is 0.416 e. The largest absolute Gasteiger partial charge is 0.494 e. The highest BCUT2D eigenvalue weighted by atomic mass is 32.2. The molecule has 4 rings (SSSR count). The van der Waals surface area contributed by atoms with E-state index in [0.29, 0.717) is 0 Å². The van der Waals surface area contributed by atoms with Crippen LogP contribution in [-0.2, 0) is 16.2 Å². The van der Waals surface area contributed by atoms with Crippen molar-refractivity contribution in [3.63, 3.8) is 0 Å². The zero-order valence-electron chi connectivity index (χ0n) is 17.7. The molecule has 12 heteroatoms. The number of sulfonamides is 1. The number of ether oxygens (including phenoxy) is 2. The number of halogens is 3. The Kier molecular flexibility index (Phi) is 6.09. The Morgan fingerprint density at radius 3 is 2.56 bits per heavy atom. The second-order valence-electron chi connectivity index (χ2n) is 7.14. The second-order valence-corrected chi connectivity index (χ2v) is 8.97. The molecule has 1 aromatic heterocycles. The highest BCUT2D eigenvalue weighted by molar-refractivity contribution is 7.93. The molecule has 0 saturated heterocycles. The van der Waals surface area contributed by atoms with E-state index < -0.39 is 27.7 Å². The number of rotatable bonds is 4. The van der Waals surface area contributed by atoms with Gasteiger partial charge >= 0.3 is 6.18 Å². The molecule has 8 nitrogen and oxygen atoms in total. The van der Waals surface area contributed by atoms with E-state index in [1.54, 1.807) is 12.1 Å². The minimum absolute atomic E-state index is 0.00503. The van der Waals surface area contributed by atoms with Crippen molar-refractivity contribution in [1.29, 1.82) is 0 Å². The van der Waals surface area contributed by atoms with Crippen LogP contribution in [0.3, 0.4) is 0 Å². The zero-order chi connectivity index (χ0) is 24.5. The second kappa shape index (κ2) is 8.86. The van der Waals surface area contributed by atoms with Gasteiger partial charge in [-0.15, -0.1) is 0 Å². The first-order valence-corrected chi connectivity index (χ1v) is 11.3. The molecule has 0 radical (unpaired) electrons. The molecule has 1 aliphatic heterocycles. The number of pyridine rings is 1. The summed E-state index contributed by atoms with van der Waals surface area (Å²) >= 11 is 0. The number of nitrogens with one attached hydrogen (secondary N) is 1. The molecule has 34 heavy (non-hydrogen) atoms. The van der Waals surface area contributed by atoms with Gasteiger partial charge in [0.15, 0.2) is 5.69 Å². The van der Waals surface area contributed by atoms with Gasteiger partial charge in [0, 0.05) is 11.9 Å². The van der Waals surface area contributed by atoms with Crippen LogP contribution in [0.25, 0.3) is 0 Å². The molecular formula is C22H18F3N3O5S. The molecule has 0 fully saturated rings. The lowest BCUT2D eigenvalue weighted by Crippen LogP contribution is -2.32. The van der Waals surface area contributed by atoms with Gasteiger partial charge in [0.1, 0.15) is 23.0 Å². The number of fused-ring (bicyclic) bond motifs is 1. The maximum atomic E-state index is 13.4. The summed E-state index contributed by atoms with van der Waals surface area (Å²) in [6.45, 7) is -0.140. The Labute approximate surface area is 193 Å². The van der Waals surface area contributed by atoms with Crippen molar-refractivity contribution in [2.75, 3.05) is 29.9 Å². The number of methoxy groups -OCH3 is 1. The SMILES string of the molecule is COc1cccnc1C(=O)Nc1ccc2c(c1)S(=O)(=O)N(c1ccc(C(F)(F)F)cc1)CCO2. The predicted octanol–water partition coefficient (Wildman–Crippen LogP) is 3.95. The summed E-state index contributed by atoms with van der Waals surface area (Å²) < 4.78 is 77.1. The van der Waals surface area contributed by atoms with Crippen LogP contribution in [0.2, 0.25) is 0 Å². The van der Waals surface area contributed by atoms with Crippen LogP contribution in [0, 0.1) is 0 Å². The molecule has 0 saturated carbocycles. The summed E-state index contributed by atoms with van der Waals surface area (Å²) in [4.78, 5) is 16.4. The summed E-state index contributed by atoms with van der Waals surface area (Å²) in [5.74, 6) is -0.328. The molecule has 2 aromatic carbocycles. The average Bonchev–Trinajstić information content (AvgIpc) is 2.94. The Balaban J connectivity index is 1.66. The van der Waals surface area contributed by atoms with Crippen molar-refractivity contribution in [3.05, 3.63) is 72.1 Å². The van der Waals surface area contributed by atoms with Crippen molar-refractivity contribution in [2.45, 2.75) is 11.1 Å². The van der Waals surface area contributed by atoms with Crippen LogP contribution in [0.5, 0.6) is 11.5 Å². The van der Waals surface area contributed by atoms with Crippen LogP contribution < -0.4 is 19.1 Å². The average molecular weight is 493 g/mol. The van der Waals surface area contributed by atoms with E-state index in [-0.39, 0.29) is 46.6 Å². The molecule has 1 amide bonds. The minimum atomic E-state index is -4.55. The lowest BCUT2D eigenvalue weighted by Gasteiger charge is -2.22. The van der Waals surface area contributed by atoms with E-state index in [4.69, 9.17) is 9.47 Å². The van der Waals surface area contributed by atoms with Gasteiger partial charge in [-0.05, 0) is 54.6 Å². The number of amides is 1. The number of hydrogen-bond donors (Lipinski definition) is 1. The molecule has 0 spiro atoms. The molecule has 0 atom stereocenters. The van der Waals surface area contributed by atoms with E-state index in [1.807, 2.05) is 0 Å². The van der Waals surface area contributed by atoms with Gasteiger partial charge in [-0.25, -0.2) is 13.4 Å². The van der Waals surface area contributed by atoms with Gasteiger partial charge in [-0.1, -0.05) is 0 Å². The normalized spacial score (nSPS) is 15.0. The summed E-state index contributed by atoms with van der Waals surface area (Å²) in [5.41, 5.74) is -0.685. The van der Waals surface area contributed by atoms with E-state index in [1.165, 1.54) is 31.5 Å². The first-order chi connectivity index (χ1) is 16.1.